The Morgan fingerprint density at radius 1 is 1.40 bits per heavy atom. The molecule has 15 heavy (non-hydrogen) atoms. The van der Waals surface area contributed by atoms with Gasteiger partial charge in [-0.25, -0.2) is 4.98 Å². The van der Waals surface area contributed by atoms with Crippen LogP contribution in [0.5, 0.6) is 0 Å². The van der Waals surface area contributed by atoms with Gasteiger partial charge in [0, 0.05) is 6.04 Å². The van der Waals surface area contributed by atoms with Crippen molar-refractivity contribution in [1.29, 1.82) is 0 Å². The van der Waals surface area contributed by atoms with E-state index >= 15 is 0 Å². The lowest BCUT2D eigenvalue weighted by Crippen LogP contribution is -2.22. The van der Waals surface area contributed by atoms with Crippen molar-refractivity contribution in [2.45, 2.75) is 40.2 Å². The number of nitrogens with zero attached hydrogens (tertiary/aromatic N) is 1. The summed E-state index contributed by atoms with van der Waals surface area (Å²) in [6.45, 7) is 8.86. The SMILES string of the molecule is CC(CC(C)(C)C)Nc1cccc(Cl)n1. The van der Waals surface area contributed by atoms with Gasteiger partial charge < -0.3 is 5.32 Å². The molecule has 0 fully saturated rings. The summed E-state index contributed by atoms with van der Waals surface area (Å²) in [7, 11) is 0. The quantitative estimate of drug-likeness (QED) is 0.789. The molecule has 0 aromatic carbocycles. The van der Waals surface area contributed by atoms with Crippen molar-refractivity contribution < 1.29 is 0 Å². The number of aromatic nitrogens is 1. The lowest BCUT2D eigenvalue weighted by atomic mass is 9.89. The van der Waals surface area contributed by atoms with Crippen molar-refractivity contribution in [1.82, 2.24) is 4.98 Å². The molecular formula is C12H19ClN2. The highest BCUT2D eigenvalue weighted by Gasteiger charge is 2.15. The van der Waals surface area contributed by atoms with E-state index in [9.17, 15) is 0 Å². The minimum absolute atomic E-state index is 0.324. The summed E-state index contributed by atoms with van der Waals surface area (Å²) in [5.74, 6) is 0.847. The third kappa shape index (κ3) is 5.03. The summed E-state index contributed by atoms with van der Waals surface area (Å²) in [4.78, 5) is 4.20. The molecule has 0 radical (unpaired) electrons. The van der Waals surface area contributed by atoms with Crippen LogP contribution in [0.25, 0.3) is 0 Å². The van der Waals surface area contributed by atoms with Gasteiger partial charge in [-0.1, -0.05) is 38.4 Å². The molecule has 84 valence electrons. The Morgan fingerprint density at radius 2 is 2.07 bits per heavy atom. The lowest BCUT2D eigenvalue weighted by Gasteiger charge is -2.24. The van der Waals surface area contributed by atoms with Crippen molar-refractivity contribution >= 4 is 17.4 Å². The summed E-state index contributed by atoms with van der Waals surface area (Å²) in [6, 6.07) is 6.02. The van der Waals surface area contributed by atoms with Gasteiger partial charge in [-0.2, -0.15) is 0 Å². The maximum Gasteiger partial charge on any atom is 0.131 e. The predicted octanol–water partition coefficient (Wildman–Crippen LogP) is 3.97. The Labute approximate surface area is 97.1 Å². The van der Waals surface area contributed by atoms with Crippen LogP contribution in [0.4, 0.5) is 5.82 Å². The molecule has 1 unspecified atom stereocenters. The highest BCUT2D eigenvalue weighted by molar-refractivity contribution is 6.29. The first-order valence-corrected chi connectivity index (χ1v) is 5.64. The van der Waals surface area contributed by atoms with Crippen LogP contribution >= 0.6 is 11.6 Å². The molecule has 0 aliphatic heterocycles. The van der Waals surface area contributed by atoms with Gasteiger partial charge in [-0.3, -0.25) is 0 Å². The summed E-state index contributed by atoms with van der Waals surface area (Å²) in [6.07, 6.45) is 1.10. The fourth-order valence-corrected chi connectivity index (χ4v) is 1.87. The second kappa shape index (κ2) is 4.84. The summed E-state index contributed by atoms with van der Waals surface area (Å²) >= 11 is 5.81. The fraction of sp³-hybridized carbons (Fsp3) is 0.583. The van der Waals surface area contributed by atoms with E-state index in [4.69, 9.17) is 11.6 Å². The Balaban J connectivity index is 2.55. The zero-order chi connectivity index (χ0) is 11.5. The van der Waals surface area contributed by atoms with E-state index in [1.165, 1.54) is 0 Å². The molecular weight excluding hydrogens is 208 g/mol. The number of rotatable bonds is 3. The zero-order valence-corrected chi connectivity index (χ0v) is 10.6. The van der Waals surface area contributed by atoms with Crippen LogP contribution in [0.2, 0.25) is 5.15 Å². The Bertz CT molecular complexity index is 318. The highest BCUT2D eigenvalue weighted by Crippen LogP contribution is 2.22. The second-order valence-electron chi connectivity index (χ2n) is 5.16. The monoisotopic (exact) mass is 226 g/mol. The Kier molecular flexibility index (Phi) is 3.97. The molecule has 1 N–H and O–H groups in total. The normalized spacial score (nSPS) is 13.7. The van der Waals surface area contributed by atoms with Crippen molar-refractivity contribution in [2.24, 2.45) is 5.41 Å². The average Bonchev–Trinajstić information content (AvgIpc) is 1.99. The first kappa shape index (κ1) is 12.3. The van der Waals surface area contributed by atoms with Crippen molar-refractivity contribution in [3.05, 3.63) is 23.4 Å². The van der Waals surface area contributed by atoms with Crippen LogP contribution in [0.15, 0.2) is 18.2 Å². The van der Waals surface area contributed by atoms with Gasteiger partial charge in [-0.15, -0.1) is 0 Å². The molecule has 2 nitrogen and oxygen atoms in total. The second-order valence-corrected chi connectivity index (χ2v) is 5.54. The summed E-state index contributed by atoms with van der Waals surface area (Å²) in [5, 5.41) is 3.87. The van der Waals surface area contributed by atoms with Crippen molar-refractivity contribution in [3.63, 3.8) is 0 Å². The minimum Gasteiger partial charge on any atom is -0.368 e. The Hall–Kier alpha value is -0.760. The minimum atomic E-state index is 0.324. The van der Waals surface area contributed by atoms with E-state index in [0.29, 0.717) is 16.6 Å². The smallest absolute Gasteiger partial charge is 0.131 e. The molecule has 1 atom stereocenters. The van der Waals surface area contributed by atoms with Gasteiger partial charge in [0.2, 0.25) is 0 Å². The predicted molar refractivity (Wildman–Crippen MR) is 66.4 cm³/mol. The van der Waals surface area contributed by atoms with E-state index < -0.39 is 0 Å². The van der Waals surface area contributed by atoms with Gasteiger partial charge in [0.1, 0.15) is 11.0 Å². The molecule has 0 saturated carbocycles. The number of nitrogens with one attached hydrogen (secondary N) is 1. The average molecular weight is 227 g/mol. The van der Waals surface area contributed by atoms with E-state index in [1.54, 1.807) is 6.07 Å². The number of anilines is 1. The molecule has 0 spiro atoms. The van der Waals surface area contributed by atoms with Gasteiger partial charge in [0.25, 0.3) is 0 Å². The molecule has 1 heterocycles. The molecule has 0 bridgehead atoms. The third-order valence-electron chi connectivity index (χ3n) is 2.03. The van der Waals surface area contributed by atoms with E-state index in [2.05, 4.69) is 38.0 Å². The molecule has 0 saturated heterocycles. The number of hydrogen-bond acceptors (Lipinski definition) is 2. The first-order chi connectivity index (χ1) is 6.87. The van der Waals surface area contributed by atoms with Crippen molar-refractivity contribution in [2.75, 3.05) is 5.32 Å². The fourth-order valence-electron chi connectivity index (χ4n) is 1.71. The van der Waals surface area contributed by atoms with Crippen LogP contribution in [0.1, 0.15) is 34.1 Å². The standard InChI is InChI=1S/C12H19ClN2/c1-9(8-12(2,3)4)14-11-7-5-6-10(13)15-11/h5-7,9H,8H2,1-4H3,(H,14,15). The van der Waals surface area contributed by atoms with E-state index in [-0.39, 0.29) is 0 Å². The van der Waals surface area contributed by atoms with Crippen LogP contribution in [0.3, 0.4) is 0 Å². The molecule has 0 aliphatic carbocycles. The number of halogens is 1. The molecule has 1 aromatic heterocycles. The van der Waals surface area contributed by atoms with Gasteiger partial charge in [0.05, 0.1) is 0 Å². The molecule has 3 heteroatoms. The van der Waals surface area contributed by atoms with Gasteiger partial charge in [-0.05, 0) is 30.9 Å². The Morgan fingerprint density at radius 3 is 2.60 bits per heavy atom. The molecule has 1 rings (SSSR count). The third-order valence-corrected chi connectivity index (χ3v) is 2.24. The van der Waals surface area contributed by atoms with E-state index in [0.717, 1.165) is 12.2 Å². The molecule has 0 amide bonds. The highest BCUT2D eigenvalue weighted by atomic mass is 35.5. The molecule has 0 aliphatic rings. The molecule has 1 aromatic rings. The zero-order valence-electron chi connectivity index (χ0n) is 9.84. The van der Waals surface area contributed by atoms with E-state index in [1.807, 2.05) is 12.1 Å². The number of hydrogen-bond donors (Lipinski definition) is 1. The largest absolute Gasteiger partial charge is 0.368 e. The van der Waals surface area contributed by atoms with Crippen LogP contribution in [-0.2, 0) is 0 Å². The maximum absolute atomic E-state index is 5.81. The van der Waals surface area contributed by atoms with Gasteiger partial charge in [0.15, 0.2) is 0 Å². The lowest BCUT2D eigenvalue weighted by molar-refractivity contribution is 0.357. The maximum atomic E-state index is 5.81. The number of pyridine rings is 1. The van der Waals surface area contributed by atoms with Gasteiger partial charge >= 0.3 is 0 Å². The summed E-state index contributed by atoms with van der Waals surface area (Å²) < 4.78 is 0. The topological polar surface area (TPSA) is 24.9 Å². The van der Waals surface area contributed by atoms with Crippen LogP contribution < -0.4 is 5.32 Å². The summed E-state index contributed by atoms with van der Waals surface area (Å²) in [5.41, 5.74) is 0.324. The van der Waals surface area contributed by atoms with Crippen LogP contribution in [-0.4, -0.2) is 11.0 Å². The first-order valence-electron chi connectivity index (χ1n) is 5.26. The van der Waals surface area contributed by atoms with Crippen LogP contribution in [0, 0.1) is 5.41 Å². The van der Waals surface area contributed by atoms with Crippen molar-refractivity contribution in [3.8, 4) is 0 Å².